The number of aromatic amines is 1. The molecule has 3 aliphatic heterocycles. The number of hydrogen-bond donors (Lipinski definition) is 4. The molecule has 3 aliphatic rings. The lowest BCUT2D eigenvalue weighted by molar-refractivity contribution is -0.118. The molecule has 4 aromatic heterocycles. The van der Waals surface area contributed by atoms with Gasteiger partial charge in [0.2, 0.25) is 19.4 Å². The molecule has 8 atom stereocenters. The van der Waals surface area contributed by atoms with Crippen molar-refractivity contribution in [2.75, 3.05) is 30.5 Å². The molecule has 8 rings (SSSR count). The first kappa shape index (κ1) is 41.4. The minimum atomic E-state index is -3.59. The highest BCUT2D eigenvalue weighted by Gasteiger charge is 2.45. The molecule has 3 N–H and O–H groups in total. The Morgan fingerprint density at radius 1 is 1.05 bits per heavy atom. The highest BCUT2D eigenvalue weighted by atomic mass is 32.7. The van der Waals surface area contributed by atoms with Gasteiger partial charge < -0.3 is 37.4 Å². The van der Waals surface area contributed by atoms with Gasteiger partial charge in [-0.25, -0.2) is 19.9 Å². The number of nitrogens with zero attached hydrogens (tertiary/aromatic N) is 8. The SMILES string of the molecule is CC(C)C(=O)Nc1nc2c(ncn2[C@@H]2O[C@@H]3COP(=S)(OCCC#N)O[C@H]4C[C@H](n5cnc6c(NC(=O)c7ccccc7)ncnc65)O[C@@H]4COP(S)O[C@@H]2C3)c(=O)[nH]1. The third kappa shape index (κ3) is 9.08. The number of anilines is 2. The van der Waals surface area contributed by atoms with Gasteiger partial charge in [0, 0.05) is 24.3 Å². The van der Waals surface area contributed by atoms with E-state index >= 15 is 0 Å². The molecule has 3 fully saturated rings. The third-order valence-corrected chi connectivity index (χ3v) is 13.3. The third-order valence-electron chi connectivity index (χ3n) is 9.46. The first-order valence-electron chi connectivity index (χ1n) is 18.3. The van der Waals surface area contributed by atoms with Crippen LogP contribution in [-0.2, 0) is 48.7 Å². The van der Waals surface area contributed by atoms with E-state index in [4.69, 9.17) is 43.9 Å². The summed E-state index contributed by atoms with van der Waals surface area (Å²) >= 11 is 10.6. The number of carbonyl (C=O) groups excluding carboxylic acids is 2. The van der Waals surface area contributed by atoms with Crippen molar-refractivity contribution < 1.29 is 41.7 Å². The Kier molecular flexibility index (Phi) is 12.5. The number of carbonyl (C=O) groups is 2. The minimum Gasteiger partial charge on any atom is -0.349 e. The van der Waals surface area contributed by atoms with Crippen molar-refractivity contribution in [1.82, 2.24) is 39.0 Å². The van der Waals surface area contributed by atoms with Crippen LogP contribution in [0.1, 0.15) is 55.9 Å². The smallest absolute Gasteiger partial charge is 0.327 e. The van der Waals surface area contributed by atoms with Crippen LogP contribution in [0, 0.1) is 17.2 Å². The Hall–Kier alpha value is -4.30. The summed E-state index contributed by atoms with van der Waals surface area (Å²) in [5.41, 5.74) is 0.780. The molecule has 25 heteroatoms. The maximum atomic E-state index is 13.0. The zero-order valence-electron chi connectivity index (χ0n) is 31.3. The van der Waals surface area contributed by atoms with Crippen LogP contribution in [0.4, 0.5) is 11.8 Å². The molecular weight excluding hydrogens is 849 g/mol. The summed E-state index contributed by atoms with van der Waals surface area (Å²) in [6.45, 7) is -0.368. The van der Waals surface area contributed by atoms with E-state index in [1.54, 1.807) is 42.7 Å². The second-order valence-electron chi connectivity index (χ2n) is 13.8. The minimum absolute atomic E-state index is 0.0208. The second-order valence-corrected chi connectivity index (χ2v) is 18.7. The molecule has 59 heavy (non-hydrogen) atoms. The number of aromatic nitrogens is 8. The van der Waals surface area contributed by atoms with E-state index in [-0.39, 0.29) is 79.7 Å². The number of nitriles is 1. The topological polar surface area (TPSA) is 254 Å². The van der Waals surface area contributed by atoms with Crippen molar-refractivity contribution in [1.29, 1.82) is 5.26 Å². The van der Waals surface area contributed by atoms with Crippen LogP contribution in [-0.4, -0.2) is 95.1 Å². The highest BCUT2D eigenvalue weighted by molar-refractivity contribution is 8.41. The number of amides is 2. The lowest BCUT2D eigenvalue weighted by Gasteiger charge is -2.28. The Labute approximate surface area is 346 Å². The number of benzene rings is 1. The largest absolute Gasteiger partial charge is 0.349 e. The molecule has 310 valence electrons. The van der Waals surface area contributed by atoms with Crippen molar-refractivity contribution in [2.45, 2.75) is 70.0 Å². The van der Waals surface area contributed by atoms with Gasteiger partial charge in [0.25, 0.3) is 11.5 Å². The molecule has 2 unspecified atom stereocenters. The molecule has 1 aromatic carbocycles. The maximum Gasteiger partial charge on any atom is 0.327 e. The molecule has 5 aromatic rings. The predicted octanol–water partition coefficient (Wildman–Crippen LogP) is 4.51. The normalized spacial score (nSPS) is 27.4. The van der Waals surface area contributed by atoms with Gasteiger partial charge >= 0.3 is 6.72 Å². The van der Waals surface area contributed by atoms with E-state index in [1.165, 1.54) is 23.5 Å². The second kappa shape index (κ2) is 17.7. The quantitative estimate of drug-likeness (QED) is 0.0902. The molecule has 2 amide bonds. The van der Waals surface area contributed by atoms with Gasteiger partial charge in [0.05, 0.1) is 57.2 Å². The van der Waals surface area contributed by atoms with Crippen LogP contribution in [0.5, 0.6) is 0 Å². The molecular formula is C34H37N11O10P2S2. The Morgan fingerprint density at radius 3 is 2.64 bits per heavy atom. The first-order valence-corrected chi connectivity index (χ1v) is 23.2. The van der Waals surface area contributed by atoms with Crippen LogP contribution in [0.15, 0.2) is 54.1 Å². The number of fused-ring (bicyclic) bond motifs is 5. The number of hydrogen-bond acceptors (Lipinski definition) is 18. The van der Waals surface area contributed by atoms with Crippen molar-refractivity contribution in [2.24, 2.45) is 5.92 Å². The number of imidazole rings is 2. The highest BCUT2D eigenvalue weighted by Crippen LogP contribution is 2.56. The lowest BCUT2D eigenvalue weighted by Crippen LogP contribution is -2.29. The van der Waals surface area contributed by atoms with Crippen LogP contribution < -0.4 is 16.2 Å². The van der Waals surface area contributed by atoms with Crippen molar-refractivity contribution in [3.63, 3.8) is 0 Å². The van der Waals surface area contributed by atoms with Gasteiger partial charge in [-0.3, -0.25) is 33.8 Å². The van der Waals surface area contributed by atoms with Gasteiger partial charge in [-0.05, 0) is 23.9 Å². The molecule has 7 heterocycles. The Bertz CT molecular complexity index is 2500. The average Bonchev–Trinajstić information content (AvgIpc) is 4.02. The maximum absolute atomic E-state index is 13.0. The van der Waals surface area contributed by atoms with Crippen LogP contribution >= 0.6 is 26.5 Å². The molecule has 0 aliphatic carbocycles. The van der Waals surface area contributed by atoms with Gasteiger partial charge in [-0.2, -0.15) is 10.2 Å². The van der Waals surface area contributed by atoms with Crippen LogP contribution in [0.3, 0.4) is 0 Å². The monoisotopic (exact) mass is 885 g/mol. The average molecular weight is 886 g/mol. The summed E-state index contributed by atoms with van der Waals surface area (Å²) in [6.07, 6.45) is 0.371. The fourth-order valence-electron chi connectivity index (χ4n) is 6.58. The summed E-state index contributed by atoms with van der Waals surface area (Å²) < 4.78 is 47.4. The molecule has 21 nitrogen and oxygen atoms in total. The fraction of sp³-hybridized carbons (Fsp3) is 0.441. The molecule has 3 saturated heterocycles. The molecule has 0 radical (unpaired) electrons. The van der Waals surface area contributed by atoms with Gasteiger partial charge in [0.1, 0.15) is 24.8 Å². The van der Waals surface area contributed by atoms with Gasteiger partial charge in [-0.15, -0.1) is 0 Å². The van der Waals surface area contributed by atoms with Crippen LogP contribution in [0.25, 0.3) is 22.3 Å². The van der Waals surface area contributed by atoms with Crippen molar-refractivity contribution in [3.05, 3.63) is 65.2 Å². The van der Waals surface area contributed by atoms with E-state index in [1.807, 2.05) is 12.1 Å². The molecule has 0 spiro atoms. The lowest BCUT2D eigenvalue weighted by atomic mass is 10.2. The summed E-state index contributed by atoms with van der Waals surface area (Å²) in [4.78, 5) is 62.8. The fourth-order valence-corrected chi connectivity index (χ4v) is 10.0. The Morgan fingerprint density at radius 2 is 1.85 bits per heavy atom. The zero-order valence-corrected chi connectivity index (χ0v) is 34.8. The summed E-state index contributed by atoms with van der Waals surface area (Å²) in [5, 5.41) is 14.7. The molecule has 0 saturated carbocycles. The van der Waals surface area contributed by atoms with Crippen LogP contribution in [0.2, 0.25) is 0 Å². The van der Waals surface area contributed by atoms with E-state index in [0.29, 0.717) is 16.7 Å². The van der Waals surface area contributed by atoms with Crippen molar-refractivity contribution in [3.8, 4) is 6.07 Å². The van der Waals surface area contributed by atoms with E-state index in [0.717, 1.165) is 0 Å². The number of thiol groups is 1. The number of ether oxygens (including phenoxy) is 2. The summed E-state index contributed by atoms with van der Waals surface area (Å²) in [6, 6.07) is 10.7. The zero-order chi connectivity index (χ0) is 41.3. The predicted molar refractivity (Wildman–Crippen MR) is 216 cm³/mol. The van der Waals surface area contributed by atoms with Gasteiger partial charge in [-0.1, -0.05) is 44.3 Å². The molecule has 2 bridgehead atoms. The standard InChI is InChI=1S/C34H37N11O10P2S2/c1-18(2)30(46)42-34-41-29-26(32(48)43-34)39-17-45(29)33-22-11-20(52-33)13-51-57(59,50-10-6-9-35)55-21-12-24(53-23(21)14-49-56(58)54-22)44-16-38-25-27(36-15-37-28(25)44)40-31(47)19-7-4-3-5-8-19/h3-5,7-8,15-18,20-24,33,58H,6,10-14H2,1-2H3,(H,36,37,40,47)(H2,41,42,43,46,48)/t20-,21-,22+,23+,24+,33+,56?,57?/m0/s1. The van der Waals surface area contributed by atoms with E-state index < -0.39 is 56.7 Å². The summed E-state index contributed by atoms with van der Waals surface area (Å²) in [7, 11) is -1.87. The summed E-state index contributed by atoms with van der Waals surface area (Å²) in [5.74, 6) is -0.898. The first-order chi connectivity index (χ1) is 28.5. The van der Waals surface area contributed by atoms with Gasteiger partial charge in [0.15, 0.2) is 34.4 Å². The number of rotatable bonds is 9. The Balaban J connectivity index is 1.05. The van der Waals surface area contributed by atoms with E-state index in [9.17, 15) is 19.6 Å². The van der Waals surface area contributed by atoms with E-state index in [2.05, 4.69) is 52.8 Å². The number of H-pyrrole nitrogens is 1. The van der Waals surface area contributed by atoms with Crippen molar-refractivity contribution >= 4 is 84.3 Å². The number of nitrogens with one attached hydrogen (secondary N) is 3.